The molecule has 0 aliphatic rings. The van der Waals surface area contributed by atoms with Gasteiger partial charge in [0.2, 0.25) is 5.95 Å². The van der Waals surface area contributed by atoms with Crippen LogP contribution in [-0.2, 0) is 6.42 Å². The maximum atomic E-state index is 6.06. The van der Waals surface area contributed by atoms with Crippen LogP contribution in [0.25, 0.3) is 0 Å². The standard InChI is InChI=1S/C19H19ClN4O/c1-25-17-8-7-15(20)13-16(17)23-18-10-12-22-19(24-18)21-11-9-14-5-3-2-4-6-14/h2-8,10,12-13H,9,11H2,1H3,(H2,21,22,23,24). The molecule has 1 aromatic heterocycles. The number of ether oxygens (including phenoxy) is 1. The van der Waals surface area contributed by atoms with Gasteiger partial charge in [-0.05, 0) is 36.2 Å². The Labute approximate surface area is 152 Å². The first-order valence-electron chi connectivity index (χ1n) is 7.96. The minimum atomic E-state index is 0.571. The van der Waals surface area contributed by atoms with Crippen molar-refractivity contribution in [1.82, 2.24) is 9.97 Å². The summed E-state index contributed by atoms with van der Waals surface area (Å²) in [6.45, 7) is 0.758. The molecule has 0 radical (unpaired) electrons. The highest BCUT2D eigenvalue weighted by atomic mass is 35.5. The number of aromatic nitrogens is 2. The molecule has 0 unspecified atom stereocenters. The third kappa shape index (κ3) is 4.84. The van der Waals surface area contributed by atoms with Crippen LogP contribution in [0.15, 0.2) is 60.8 Å². The number of hydrogen-bond donors (Lipinski definition) is 2. The molecule has 128 valence electrons. The molecule has 0 spiro atoms. The fourth-order valence-corrected chi connectivity index (χ4v) is 2.56. The van der Waals surface area contributed by atoms with E-state index in [4.69, 9.17) is 16.3 Å². The molecular formula is C19H19ClN4O. The number of methoxy groups -OCH3 is 1. The van der Waals surface area contributed by atoms with E-state index in [0.29, 0.717) is 22.5 Å². The van der Waals surface area contributed by atoms with Crippen molar-refractivity contribution in [3.05, 3.63) is 71.4 Å². The minimum Gasteiger partial charge on any atom is -0.495 e. The third-order valence-electron chi connectivity index (χ3n) is 3.62. The Morgan fingerprint density at radius 3 is 2.72 bits per heavy atom. The Balaban J connectivity index is 1.64. The molecule has 3 aromatic rings. The van der Waals surface area contributed by atoms with E-state index in [-0.39, 0.29) is 0 Å². The van der Waals surface area contributed by atoms with Crippen molar-refractivity contribution < 1.29 is 4.74 Å². The molecule has 3 rings (SSSR count). The van der Waals surface area contributed by atoms with Gasteiger partial charge in [-0.3, -0.25) is 0 Å². The molecule has 0 saturated heterocycles. The number of anilines is 3. The summed E-state index contributed by atoms with van der Waals surface area (Å²) in [5, 5.41) is 7.08. The molecule has 25 heavy (non-hydrogen) atoms. The van der Waals surface area contributed by atoms with E-state index in [1.165, 1.54) is 5.56 Å². The summed E-state index contributed by atoms with van der Waals surface area (Å²) in [7, 11) is 1.62. The topological polar surface area (TPSA) is 59.1 Å². The highest BCUT2D eigenvalue weighted by molar-refractivity contribution is 6.31. The predicted octanol–water partition coefficient (Wildman–Crippen LogP) is 4.54. The van der Waals surface area contributed by atoms with E-state index in [9.17, 15) is 0 Å². The molecule has 0 fully saturated rings. The smallest absolute Gasteiger partial charge is 0.224 e. The van der Waals surface area contributed by atoms with Gasteiger partial charge in [0.15, 0.2) is 0 Å². The normalized spacial score (nSPS) is 10.3. The lowest BCUT2D eigenvalue weighted by molar-refractivity contribution is 0.417. The maximum absolute atomic E-state index is 6.06. The summed E-state index contributed by atoms with van der Waals surface area (Å²) in [4.78, 5) is 8.73. The number of rotatable bonds is 7. The zero-order valence-corrected chi connectivity index (χ0v) is 14.6. The van der Waals surface area contributed by atoms with Gasteiger partial charge in [0.1, 0.15) is 11.6 Å². The Morgan fingerprint density at radius 2 is 1.92 bits per heavy atom. The number of benzene rings is 2. The molecule has 0 bridgehead atoms. The van der Waals surface area contributed by atoms with Gasteiger partial charge in [-0.15, -0.1) is 0 Å². The summed E-state index contributed by atoms with van der Waals surface area (Å²) in [6, 6.07) is 17.5. The van der Waals surface area contributed by atoms with Crippen LogP contribution in [0.1, 0.15) is 5.56 Å². The first-order valence-corrected chi connectivity index (χ1v) is 8.34. The maximum Gasteiger partial charge on any atom is 0.224 e. The summed E-state index contributed by atoms with van der Waals surface area (Å²) >= 11 is 6.06. The van der Waals surface area contributed by atoms with E-state index in [1.807, 2.05) is 24.3 Å². The highest BCUT2D eigenvalue weighted by Crippen LogP contribution is 2.29. The van der Waals surface area contributed by atoms with Gasteiger partial charge in [-0.1, -0.05) is 41.9 Å². The zero-order chi connectivity index (χ0) is 17.5. The number of halogens is 1. The van der Waals surface area contributed by atoms with E-state index < -0.39 is 0 Å². The van der Waals surface area contributed by atoms with Crippen molar-refractivity contribution in [1.29, 1.82) is 0 Å². The van der Waals surface area contributed by atoms with Gasteiger partial charge in [0.25, 0.3) is 0 Å². The number of nitrogens with one attached hydrogen (secondary N) is 2. The number of hydrogen-bond acceptors (Lipinski definition) is 5. The van der Waals surface area contributed by atoms with Gasteiger partial charge >= 0.3 is 0 Å². The molecule has 5 nitrogen and oxygen atoms in total. The van der Waals surface area contributed by atoms with Crippen LogP contribution in [0.2, 0.25) is 5.02 Å². The molecule has 0 saturated carbocycles. The van der Waals surface area contributed by atoms with Gasteiger partial charge < -0.3 is 15.4 Å². The summed E-state index contributed by atoms with van der Waals surface area (Å²) in [5.74, 6) is 1.93. The van der Waals surface area contributed by atoms with Crippen LogP contribution >= 0.6 is 11.6 Å². The van der Waals surface area contributed by atoms with Crippen LogP contribution in [0.4, 0.5) is 17.5 Å². The number of nitrogens with zero attached hydrogens (tertiary/aromatic N) is 2. The van der Waals surface area contributed by atoms with E-state index in [2.05, 4.69) is 32.7 Å². The van der Waals surface area contributed by atoms with Crippen LogP contribution in [0.5, 0.6) is 5.75 Å². The van der Waals surface area contributed by atoms with Crippen LogP contribution in [0, 0.1) is 0 Å². The Kier molecular flexibility index (Phi) is 5.69. The fourth-order valence-electron chi connectivity index (χ4n) is 2.39. The second kappa shape index (κ2) is 8.35. The molecule has 0 atom stereocenters. The van der Waals surface area contributed by atoms with Crippen molar-refractivity contribution in [2.24, 2.45) is 0 Å². The molecule has 0 aliphatic carbocycles. The SMILES string of the molecule is COc1ccc(Cl)cc1Nc1ccnc(NCCc2ccccc2)n1. The third-order valence-corrected chi connectivity index (χ3v) is 3.85. The van der Waals surface area contributed by atoms with Gasteiger partial charge in [0.05, 0.1) is 12.8 Å². The lowest BCUT2D eigenvalue weighted by Gasteiger charge is -2.12. The van der Waals surface area contributed by atoms with Crippen LogP contribution < -0.4 is 15.4 Å². The zero-order valence-electron chi connectivity index (χ0n) is 13.9. The molecule has 6 heteroatoms. The molecule has 2 aromatic carbocycles. The molecule has 2 N–H and O–H groups in total. The average Bonchev–Trinajstić information content (AvgIpc) is 2.63. The largest absolute Gasteiger partial charge is 0.495 e. The van der Waals surface area contributed by atoms with E-state index >= 15 is 0 Å². The lowest BCUT2D eigenvalue weighted by atomic mass is 10.1. The summed E-state index contributed by atoms with van der Waals surface area (Å²) < 4.78 is 5.34. The van der Waals surface area contributed by atoms with E-state index in [1.54, 1.807) is 31.5 Å². The molecule has 1 heterocycles. The molecule has 0 aliphatic heterocycles. The average molecular weight is 355 g/mol. The minimum absolute atomic E-state index is 0.571. The highest BCUT2D eigenvalue weighted by Gasteiger charge is 2.06. The summed E-state index contributed by atoms with van der Waals surface area (Å²) in [6.07, 6.45) is 2.61. The first kappa shape index (κ1) is 17.0. The van der Waals surface area contributed by atoms with E-state index in [0.717, 1.165) is 18.7 Å². The van der Waals surface area contributed by atoms with Crippen molar-refractivity contribution in [3.8, 4) is 5.75 Å². The second-order valence-corrected chi connectivity index (χ2v) is 5.83. The Bertz CT molecular complexity index is 827. The second-order valence-electron chi connectivity index (χ2n) is 5.40. The van der Waals surface area contributed by atoms with Crippen molar-refractivity contribution >= 4 is 29.1 Å². The van der Waals surface area contributed by atoms with Crippen molar-refractivity contribution in [3.63, 3.8) is 0 Å². The monoisotopic (exact) mass is 354 g/mol. The molecule has 0 amide bonds. The van der Waals surface area contributed by atoms with Crippen molar-refractivity contribution in [2.75, 3.05) is 24.3 Å². The Morgan fingerprint density at radius 1 is 1.08 bits per heavy atom. The molecular weight excluding hydrogens is 336 g/mol. The first-order chi connectivity index (χ1) is 12.2. The van der Waals surface area contributed by atoms with Crippen molar-refractivity contribution in [2.45, 2.75) is 6.42 Å². The predicted molar refractivity (Wildman–Crippen MR) is 102 cm³/mol. The van der Waals surface area contributed by atoms with Crippen LogP contribution in [-0.4, -0.2) is 23.6 Å². The lowest BCUT2D eigenvalue weighted by Crippen LogP contribution is -2.08. The van der Waals surface area contributed by atoms with Gasteiger partial charge in [-0.25, -0.2) is 4.98 Å². The quantitative estimate of drug-likeness (QED) is 0.652. The fraction of sp³-hybridized carbons (Fsp3) is 0.158. The van der Waals surface area contributed by atoms with Gasteiger partial charge in [0, 0.05) is 17.8 Å². The van der Waals surface area contributed by atoms with Crippen LogP contribution in [0.3, 0.4) is 0 Å². The Hall–Kier alpha value is -2.79. The van der Waals surface area contributed by atoms with Gasteiger partial charge in [-0.2, -0.15) is 4.98 Å². The summed E-state index contributed by atoms with van der Waals surface area (Å²) in [5.41, 5.74) is 2.02.